The molecule has 1 aromatic heterocycles. The van der Waals surface area contributed by atoms with Crippen molar-refractivity contribution in [3.8, 4) is 0 Å². The van der Waals surface area contributed by atoms with Crippen molar-refractivity contribution in [1.29, 1.82) is 0 Å². The van der Waals surface area contributed by atoms with E-state index in [4.69, 9.17) is 13.9 Å². The van der Waals surface area contributed by atoms with Gasteiger partial charge in [-0.1, -0.05) is 53.4 Å². The zero-order chi connectivity index (χ0) is 30.9. The van der Waals surface area contributed by atoms with E-state index in [0.29, 0.717) is 35.5 Å². The quantitative estimate of drug-likeness (QED) is 0.0853. The maximum atomic E-state index is 12.9. The zero-order valence-electron chi connectivity index (χ0n) is 27.1. The van der Waals surface area contributed by atoms with Crippen molar-refractivity contribution in [3.05, 3.63) is 47.5 Å². The summed E-state index contributed by atoms with van der Waals surface area (Å²) in [6, 6.07) is 10.7. The maximum Gasteiger partial charge on any atom is 0.338 e. The molecule has 7 nitrogen and oxygen atoms in total. The first-order valence-electron chi connectivity index (χ1n) is 16.8. The van der Waals surface area contributed by atoms with Gasteiger partial charge in [-0.15, -0.1) is 0 Å². The number of furan rings is 1. The third-order valence-electron chi connectivity index (χ3n) is 7.96. The van der Waals surface area contributed by atoms with Gasteiger partial charge in [-0.3, -0.25) is 0 Å². The monoisotopic (exact) mass is 594 g/mol. The highest BCUT2D eigenvalue weighted by molar-refractivity contribution is 6.09. The second-order valence-electron chi connectivity index (χ2n) is 11.6. The van der Waals surface area contributed by atoms with Crippen molar-refractivity contribution in [1.82, 2.24) is 9.80 Å². The molecule has 0 fully saturated rings. The lowest BCUT2D eigenvalue weighted by Crippen LogP contribution is -2.28. The van der Waals surface area contributed by atoms with Crippen LogP contribution in [0, 0.1) is 0 Å². The molecule has 0 unspecified atom stereocenters. The number of rotatable bonds is 22. The number of benzene rings is 2. The molecule has 2 aromatic carbocycles. The topological polar surface area (TPSA) is 72.2 Å². The molecule has 0 aliphatic heterocycles. The summed E-state index contributed by atoms with van der Waals surface area (Å²) >= 11 is 0. The number of ether oxygens (including phenoxy) is 2. The predicted octanol–water partition coefficient (Wildman–Crippen LogP) is 8.48. The third kappa shape index (κ3) is 11.3. The molecule has 238 valence electrons. The van der Waals surface area contributed by atoms with Gasteiger partial charge in [0.1, 0.15) is 11.2 Å². The van der Waals surface area contributed by atoms with E-state index in [1.165, 1.54) is 51.4 Å². The van der Waals surface area contributed by atoms with Crippen LogP contribution >= 0.6 is 0 Å². The first kappa shape index (κ1) is 34.6. The Morgan fingerprint density at radius 2 is 0.907 bits per heavy atom. The molecule has 0 atom stereocenters. The van der Waals surface area contributed by atoms with Crippen LogP contribution in [0.25, 0.3) is 21.9 Å². The van der Waals surface area contributed by atoms with Gasteiger partial charge < -0.3 is 23.7 Å². The first-order valence-corrected chi connectivity index (χ1v) is 16.8. The summed E-state index contributed by atoms with van der Waals surface area (Å²) in [5.41, 5.74) is 2.29. The number of fused-ring (bicyclic) bond motifs is 3. The van der Waals surface area contributed by atoms with Crippen LogP contribution in [0.4, 0.5) is 0 Å². The Kier molecular flexibility index (Phi) is 15.6. The van der Waals surface area contributed by atoms with Crippen molar-refractivity contribution >= 4 is 33.9 Å². The van der Waals surface area contributed by atoms with E-state index < -0.39 is 0 Å². The van der Waals surface area contributed by atoms with E-state index in [0.717, 1.165) is 62.9 Å². The lowest BCUT2D eigenvalue weighted by Gasteiger charge is -2.21. The van der Waals surface area contributed by atoms with Crippen molar-refractivity contribution in [2.24, 2.45) is 0 Å². The van der Waals surface area contributed by atoms with Gasteiger partial charge in [0, 0.05) is 23.9 Å². The summed E-state index contributed by atoms with van der Waals surface area (Å²) in [5.74, 6) is -0.681. The van der Waals surface area contributed by atoms with E-state index in [9.17, 15) is 9.59 Å². The molecule has 0 aliphatic rings. The number of unbranched alkanes of at least 4 members (excludes halogenated alkanes) is 4. The normalized spacial score (nSPS) is 11.7. The van der Waals surface area contributed by atoms with Crippen LogP contribution in [-0.2, 0) is 9.47 Å². The zero-order valence-corrected chi connectivity index (χ0v) is 27.1. The Morgan fingerprint density at radius 1 is 0.558 bits per heavy atom. The molecule has 3 aromatic rings. The van der Waals surface area contributed by atoms with Crippen LogP contribution in [0.1, 0.15) is 113 Å². The number of esters is 2. The Labute approximate surface area is 258 Å². The third-order valence-corrected chi connectivity index (χ3v) is 7.96. The summed E-state index contributed by atoms with van der Waals surface area (Å²) in [5, 5.41) is 1.57. The molecule has 0 radical (unpaired) electrons. The van der Waals surface area contributed by atoms with Gasteiger partial charge in [-0.2, -0.15) is 0 Å². The molecule has 0 saturated heterocycles. The fourth-order valence-electron chi connectivity index (χ4n) is 5.30. The molecule has 1 heterocycles. The molecular formula is C36H54N2O5. The number of carbonyl (C=O) groups excluding carboxylic acids is 2. The Hall–Kier alpha value is -2.90. The Bertz CT molecular complexity index is 1140. The van der Waals surface area contributed by atoms with Crippen LogP contribution < -0.4 is 0 Å². The number of carbonyl (C=O) groups is 2. The molecule has 7 heteroatoms. The summed E-state index contributed by atoms with van der Waals surface area (Å²) in [6.07, 6.45) is 11.1. The van der Waals surface area contributed by atoms with Gasteiger partial charge in [0.05, 0.1) is 24.3 Å². The molecule has 0 saturated carbocycles. The Balaban J connectivity index is 1.57. The van der Waals surface area contributed by atoms with Crippen LogP contribution in [0.3, 0.4) is 0 Å². The highest BCUT2D eigenvalue weighted by Gasteiger charge is 2.16. The molecule has 0 N–H and O–H groups in total. The van der Waals surface area contributed by atoms with Crippen molar-refractivity contribution in [2.75, 3.05) is 52.5 Å². The lowest BCUT2D eigenvalue weighted by atomic mass is 10.1. The number of hydrogen-bond donors (Lipinski definition) is 0. The molecule has 0 amide bonds. The molecule has 0 bridgehead atoms. The number of nitrogens with zero attached hydrogens (tertiary/aromatic N) is 2. The van der Waals surface area contributed by atoms with Crippen LogP contribution in [0.5, 0.6) is 0 Å². The molecular weight excluding hydrogens is 540 g/mol. The number of hydrogen-bond acceptors (Lipinski definition) is 7. The lowest BCUT2D eigenvalue weighted by molar-refractivity contribution is 0.0478. The van der Waals surface area contributed by atoms with E-state index in [1.54, 1.807) is 36.4 Å². The van der Waals surface area contributed by atoms with Crippen LogP contribution in [-0.4, -0.2) is 74.2 Å². The van der Waals surface area contributed by atoms with Gasteiger partial charge in [-0.05, 0) is 101 Å². The van der Waals surface area contributed by atoms with E-state index >= 15 is 0 Å². The van der Waals surface area contributed by atoms with E-state index in [2.05, 4.69) is 37.5 Å². The fraction of sp³-hybridized carbons (Fsp3) is 0.611. The summed E-state index contributed by atoms with van der Waals surface area (Å²) in [7, 11) is 0. The highest BCUT2D eigenvalue weighted by Crippen LogP contribution is 2.30. The van der Waals surface area contributed by atoms with Crippen LogP contribution in [0.2, 0.25) is 0 Å². The highest BCUT2D eigenvalue weighted by atomic mass is 16.5. The standard InChI is InChI=1S/C36H54N2O5/c1-5-9-19-37(20-10-6-2)23-13-25-41-35(39)29-15-17-33-31(27-29)32-28-30(16-18-34(32)43-33)36(40)42-26-14-24-38(21-11-7-3)22-12-8-4/h15-18,27-28H,5-14,19-26H2,1-4H3. The van der Waals surface area contributed by atoms with Crippen molar-refractivity contribution in [2.45, 2.75) is 91.9 Å². The largest absolute Gasteiger partial charge is 0.462 e. The average Bonchev–Trinajstić information content (AvgIpc) is 3.40. The minimum atomic E-state index is -0.340. The summed E-state index contributed by atoms with van der Waals surface area (Å²) in [4.78, 5) is 30.7. The molecule has 0 spiro atoms. The minimum Gasteiger partial charge on any atom is -0.462 e. The van der Waals surface area contributed by atoms with Crippen LogP contribution in [0.15, 0.2) is 40.8 Å². The second-order valence-corrected chi connectivity index (χ2v) is 11.6. The summed E-state index contributed by atoms with van der Waals surface area (Å²) in [6.45, 7) is 15.9. The van der Waals surface area contributed by atoms with E-state index in [1.807, 2.05) is 0 Å². The predicted molar refractivity (Wildman–Crippen MR) is 176 cm³/mol. The maximum absolute atomic E-state index is 12.9. The second kappa shape index (κ2) is 19.4. The fourth-order valence-corrected chi connectivity index (χ4v) is 5.30. The first-order chi connectivity index (χ1) is 21.0. The van der Waals surface area contributed by atoms with Gasteiger partial charge in [0.15, 0.2) is 0 Å². The van der Waals surface area contributed by atoms with E-state index in [-0.39, 0.29) is 11.9 Å². The van der Waals surface area contributed by atoms with Gasteiger partial charge >= 0.3 is 11.9 Å². The molecule has 3 rings (SSSR count). The SMILES string of the molecule is CCCCN(CCCC)CCCOC(=O)c1ccc2oc3ccc(C(=O)OCCCN(CCCC)CCCC)cc3c2c1. The average molecular weight is 595 g/mol. The smallest absolute Gasteiger partial charge is 0.338 e. The van der Waals surface area contributed by atoms with Gasteiger partial charge in [0.25, 0.3) is 0 Å². The van der Waals surface area contributed by atoms with Crippen molar-refractivity contribution in [3.63, 3.8) is 0 Å². The minimum absolute atomic E-state index is 0.340. The molecule has 0 aliphatic carbocycles. The van der Waals surface area contributed by atoms with Gasteiger partial charge in [-0.25, -0.2) is 9.59 Å². The molecule has 43 heavy (non-hydrogen) atoms. The van der Waals surface area contributed by atoms with Gasteiger partial charge in [0.2, 0.25) is 0 Å². The summed E-state index contributed by atoms with van der Waals surface area (Å²) < 4.78 is 17.2. The Morgan fingerprint density at radius 3 is 1.26 bits per heavy atom. The van der Waals surface area contributed by atoms with Crippen molar-refractivity contribution < 1.29 is 23.5 Å².